The molecule has 0 spiro atoms. The van der Waals surface area contributed by atoms with Crippen LogP contribution in [0.1, 0.15) is 81.5 Å². The maximum Gasteiger partial charge on any atom is 0.272 e. The number of amides is 2. The highest BCUT2D eigenvalue weighted by Gasteiger charge is 2.63. The minimum absolute atomic E-state index is 0.0108. The highest BCUT2D eigenvalue weighted by molar-refractivity contribution is 5.94. The van der Waals surface area contributed by atoms with Gasteiger partial charge in [0, 0.05) is 31.5 Å². The first-order valence-electron chi connectivity index (χ1n) is 13.4. The van der Waals surface area contributed by atoms with Crippen LogP contribution in [0.4, 0.5) is 0 Å². The van der Waals surface area contributed by atoms with Crippen LogP contribution in [0.2, 0.25) is 0 Å². The quantitative estimate of drug-likeness (QED) is 0.633. The Hall–Kier alpha value is -2.63. The fraction of sp³-hybridized carbons (Fsp3) is 0.621. The number of fused-ring (bicyclic) bond motifs is 1. The molecule has 6 nitrogen and oxygen atoms in total. The van der Waals surface area contributed by atoms with Gasteiger partial charge in [-0.15, -0.1) is 0 Å². The molecule has 1 aromatic carbocycles. The number of aromatic nitrogens is 2. The van der Waals surface area contributed by atoms with E-state index in [-0.39, 0.29) is 41.4 Å². The van der Waals surface area contributed by atoms with E-state index in [0.29, 0.717) is 11.6 Å². The van der Waals surface area contributed by atoms with Crippen molar-refractivity contribution >= 4 is 11.8 Å². The minimum Gasteiger partial charge on any atom is -0.334 e. The number of hydrogen-bond donors (Lipinski definition) is 0. The molecule has 3 heterocycles. The number of aryl methyl sites for hydroxylation is 1. The van der Waals surface area contributed by atoms with Crippen LogP contribution in [0.15, 0.2) is 36.4 Å². The van der Waals surface area contributed by atoms with Crippen molar-refractivity contribution in [3.8, 4) is 0 Å². The maximum absolute atomic E-state index is 14.3. The summed E-state index contributed by atoms with van der Waals surface area (Å²) < 4.78 is 1.77. The SMILES string of the molecule is CC(=O)N1[C@H](Cc2ccccc2)[C@@H]2C[C@@]3(C)[C@H](CCCC[C@@H]13)N2C(=O)c1cc(CC(C)C)nn1C. The van der Waals surface area contributed by atoms with E-state index in [4.69, 9.17) is 0 Å². The second-order valence-corrected chi connectivity index (χ2v) is 11.7. The molecule has 2 amide bonds. The Morgan fingerprint density at radius 1 is 1.09 bits per heavy atom. The third-order valence-electron chi connectivity index (χ3n) is 8.86. The molecule has 0 unspecified atom stereocenters. The fourth-order valence-corrected chi connectivity index (χ4v) is 7.47. The summed E-state index contributed by atoms with van der Waals surface area (Å²) >= 11 is 0. The normalized spacial score (nSPS) is 30.0. The van der Waals surface area contributed by atoms with E-state index >= 15 is 0 Å². The highest BCUT2D eigenvalue weighted by Crippen LogP contribution is 2.56. The number of nitrogens with zero attached hydrogens (tertiary/aromatic N) is 4. The van der Waals surface area contributed by atoms with Gasteiger partial charge in [-0.2, -0.15) is 5.10 Å². The fourth-order valence-electron chi connectivity index (χ4n) is 7.47. The van der Waals surface area contributed by atoms with Crippen LogP contribution < -0.4 is 0 Å². The molecule has 2 aliphatic heterocycles. The Morgan fingerprint density at radius 2 is 1.74 bits per heavy atom. The lowest BCUT2D eigenvalue weighted by Gasteiger charge is -2.50. The molecule has 3 aliphatic rings. The summed E-state index contributed by atoms with van der Waals surface area (Å²) in [6.07, 6.45) is 6.85. The summed E-state index contributed by atoms with van der Waals surface area (Å²) in [7, 11) is 1.89. The lowest BCUT2D eigenvalue weighted by Crippen LogP contribution is -2.61. The minimum atomic E-state index is -0.0744. The molecule has 0 N–H and O–H groups in total. The van der Waals surface area contributed by atoms with E-state index in [1.165, 1.54) is 5.56 Å². The third-order valence-corrected chi connectivity index (χ3v) is 8.86. The summed E-state index contributed by atoms with van der Waals surface area (Å²) in [6, 6.07) is 12.8. The number of carbonyl (C=O) groups excluding carboxylic acids is 2. The first-order valence-corrected chi connectivity index (χ1v) is 13.4. The molecule has 2 bridgehead atoms. The van der Waals surface area contributed by atoms with Crippen molar-refractivity contribution in [2.24, 2.45) is 18.4 Å². The summed E-state index contributed by atoms with van der Waals surface area (Å²) in [5.41, 5.74) is 2.79. The maximum atomic E-state index is 14.3. The molecule has 2 saturated heterocycles. The lowest BCUT2D eigenvalue weighted by molar-refractivity contribution is -0.141. The van der Waals surface area contributed by atoms with E-state index in [1.807, 2.05) is 19.2 Å². The summed E-state index contributed by atoms with van der Waals surface area (Å²) in [5, 5.41) is 4.68. The van der Waals surface area contributed by atoms with Gasteiger partial charge >= 0.3 is 0 Å². The van der Waals surface area contributed by atoms with Crippen LogP contribution in [0.3, 0.4) is 0 Å². The van der Waals surface area contributed by atoms with E-state index < -0.39 is 0 Å². The molecule has 1 aromatic heterocycles. The monoisotopic (exact) mass is 476 g/mol. The van der Waals surface area contributed by atoms with Crippen LogP contribution in [-0.2, 0) is 24.7 Å². The molecule has 188 valence electrons. The van der Waals surface area contributed by atoms with Crippen molar-refractivity contribution in [3.63, 3.8) is 0 Å². The third kappa shape index (κ3) is 4.09. The van der Waals surface area contributed by atoms with E-state index in [0.717, 1.165) is 50.6 Å². The van der Waals surface area contributed by atoms with Gasteiger partial charge < -0.3 is 9.80 Å². The number of rotatable bonds is 5. The van der Waals surface area contributed by atoms with Crippen LogP contribution in [0.5, 0.6) is 0 Å². The first-order chi connectivity index (χ1) is 16.7. The van der Waals surface area contributed by atoms with Gasteiger partial charge in [0.2, 0.25) is 5.91 Å². The van der Waals surface area contributed by atoms with Crippen LogP contribution in [0, 0.1) is 11.3 Å². The lowest BCUT2D eigenvalue weighted by atomic mass is 9.69. The van der Waals surface area contributed by atoms with Crippen molar-refractivity contribution in [2.45, 2.75) is 96.8 Å². The molecular weight excluding hydrogens is 436 g/mol. The summed E-state index contributed by atoms with van der Waals surface area (Å²) in [4.78, 5) is 31.9. The van der Waals surface area contributed by atoms with Crippen molar-refractivity contribution in [3.05, 3.63) is 53.3 Å². The van der Waals surface area contributed by atoms with Crippen molar-refractivity contribution < 1.29 is 9.59 Å². The smallest absolute Gasteiger partial charge is 0.272 e. The zero-order valence-electron chi connectivity index (χ0n) is 21.9. The van der Waals surface area contributed by atoms with Crippen LogP contribution in [0.25, 0.3) is 0 Å². The Kier molecular flexibility index (Phi) is 6.27. The van der Waals surface area contributed by atoms with Gasteiger partial charge in [-0.05, 0) is 49.7 Å². The predicted molar refractivity (Wildman–Crippen MR) is 137 cm³/mol. The Morgan fingerprint density at radius 3 is 2.37 bits per heavy atom. The van der Waals surface area contributed by atoms with Gasteiger partial charge in [-0.25, -0.2) is 0 Å². The molecule has 5 atom stereocenters. The molecular formula is C29H40N4O2. The van der Waals surface area contributed by atoms with Gasteiger partial charge in [0.1, 0.15) is 5.69 Å². The molecule has 2 aromatic rings. The molecule has 35 heavy (non-hydrogen) atoms. The summed E-state index contributed by atoms with van der Waals surface area (Å²) in [6.45, 7) is 8.42. The second-order valence-electron chi connectivity index (χ2n) is 11.7. The largest absolute Gasteiger partial charge is 0.334 e. The zero-order chi connectivity index (χ0) is 24.9. The number of carbonyl (C=O) groups is 2. The Labute approximate surface area is 209 Å². The number of piperidine rings is 1. The van der Waals surface area contributed by atoms with Crippen molar-refractivity contribution in [2.75, 3.05) is 0 Å². The number of likely N-dealkylation sites (tertiary alicyclic amines) is 2. The zero-order valence-corrected chi connectivity index (χ0v) is 21.9. The molecule has 1 saturated carbocycles. The number of hydrogen-bond acceptors (Lipinski definition) is 3. The number of benzene rings is 1. The van der Waals surface area contributed by atoms with E-state index in [9.17, 15) is 9.59 Å². The topological polar surface area (TPSA) is 58.4 Å². The second kappa shape index (κ2) is 9.11. The van der Waals surface area contributed by atoms with Gasteiger partial charge in [0.15, 0.2) is 0 Å². The molecule has 5 rings (SSSR count). The molecule has 3 fully saturated rings. The van der Waals surface area contributed by atoms with Gasteiger partial charge in [-0.3, -0.25) is 14.3 Å². The standard InChI is InChI=1S/C29H40N4O2/c1-19(2)15-22-17-24(31(5)30-22)28(35)33-25-18-29(4)26(13-9-10-14-27(29)33)32(20(3)34)23(25)16-21-11-7-6-8-12-21/h6-8,11-12,17,19,23,25-27H,9-10,13-16,18H2,1-5H3/t23-,25+,26-,27+,29-/m1/s1. The molecule has 6 heteroatoms. The van der Waals surface area contributed by atoms with Gasteiger partial charge in [0.05, 0.1) is 17.8 Å². The van der Waals surface area contributed by atoms with Crippen LogP contribution >= 0.6 is 0 Å². The Bertz CT molecular complexity index is 1090. The highest BCUT2D eigenvalue weighted by atomic mass is 16.2. The summed E-state index contributed by atoms with van der Waals surface area (Å²) in [5.74, 6) is 0.708. The average molecular weight is 477 g/mol. The van der Waals surface area contributed by atoms with E-state index in [1.54, 1.807) is 11.6 Å². The average Bonchev–Trinajstić information content (AvgIpc) is 3.23. The molecule has 1 aliphatic carbocycles. The van der Waals surface area contributed by atoms with Crippen molar-refractivity contribution in [1.29, 1.82) is 0 Å². The van der Waals surface area contributed by atoms with Gasteiger partial charge in [-0.1, -0.05) is 63.9 Å². The van der Waals surface area contributed by atoms with E-state index in [2.05, 4.69) is 59.9 Å². The Balaban J connectivity index is 1.58. The first kappa shape index (κ1) is 24.1. The predicted octanol–water partition coefficient (Wildman–Crippen LogP) is 4.62. The molecule has 0 radical (unpaired) electrons. The van der Waals surface area contributed by atoms with Crippen LogP contribution in [-0.4, -0.2) is 55.6 Å². The van der Waals surface area contributed by atoms with Crippen molar-refractivity contribution in [1.82, 2.24) is 19.6 Å². The van der Waals surface area contributed by atoms with Gasteiger partial charge in [0.25, 0.3) is 5.91 Å².